The number of rotatable bonds is 5. The van der Waals surface area contributed by atoms with Crippen molar-refractivity contribution in [1.82, 2.24) is 0 Å². The van der Waals surface area contributed by atoms with Crippen molar-refractivity contribution in [3.8, 4) is 5.75 Å². The van der Waals surface area contributed by atoms with Crippen LogP contribution >= 0.6 is 0 Å². The Morgan fingerprint density at radius 1 is 1.15 bits per heavy atom. The first-order chi connectivity index (χ1) is 9.59. The summed E-state index contributed by atoms with van der Waals surface area (Å²) in [5, 5.41) is 10.8. The highest BCUT2D eigenvalue weighted by Gasteiger charge is 2.20. The Morgan fingerprint density at radius 2 is 1.85 bits per heavy atom. The molecule has 2 aromatic rings. The first kappa shape index (κ1) is 13.7. The number of hydrogen-bond acceptors (Lipinski definition) is 4. The topological polar surface area (TPSA) is 69.4 Å². The number of para-hydroxylation sites is 1. The van der Waals surface area contributed by atoms with Crippen LogP contribution in [-0.4, -0.2) is 17.3 Å². The van der Waals surface area contributed by atoms with E-state index in [-0.39, 0.29) is 5.78 Å². The van der Waals surface area contributed by atoms with E-state index in [0.29, 0.717) is 5.56 Å². The van der Waals surface area contributed by atoms with Gasteiger partial charge in [-0.05, 0) is 6.07 Å². The third-order valence-electron chi connectivity index (χ3n) is 2.59. The van der Waals surface area contributed by atoms with Crippen molar-refractivity contribution < 1.29 is 18.8 Å². The third kappa shape index (κ3) is 2.97. The van der Waals surface area contributed by atoms with Gasteiger partial charge in [0.05, 0.1) is 4.92 Å². The van der Waals surface area contributed by atoms with E-state index in [1.165, 1.54) is 6.07 Å². The maximum absolute atomic E-state index is 13.5. The van der Waals surface area contributed by atoms with Crippen LogP contribution in [0.4, 0.5) is 10.1 Å². The highest BCUT2D eigenvalue weighted by molar-refractivity contribution is 5.97. The lowest BCUT2D eigenvalue weighted by molar-refractivity contribution is -0.386. The van der Waals surface area contributed by atoms with Crippen LogP contribution < -0.4 is 4.74 Å². The molecule has 20 heavy (non-hydrogen) atoms. The average Bonchev–Trinajstić information content (AvgIpc) is 2.46. The van der Waals surface area contributed by atoms with Crippen molar-refractivity contribution in [2.45, 2.75) is 0 Å². The van der Waals surface area contributed by atoms with E-state index in [2.05, 4.69) is 0 Å². The van der Waals surface area contributed by atoms with Crippen LogP contribution in [0.25, 0.3) is 0 Å². The zero-order valence-electron chi connectivity index (χ0n) is 10.3. The number of Topliss-reactive ketones (excluding diaryl/α,β-unsaturated/α-hetero) is 1. The fraction of sp³-hybridized carbons (Fsp3) is 0.0714. The van der Waals surface area contributed by atoms with Crippen molar-refractivity contribution in [3.05, 3.63) is 70.0 Å². The summed E-state index contributed by atoms with van der Waals surface area (Å²) in [6.45, 7) is -0.466. The molecule has 6 heteroatoms. The number of hydrogen-bond donors (Lipinski definition) is 0. The van der Waals surface area contributed by atoms with Gasteiger partial charge in [-0.1, -0.05) is 36.4 Å². The summed E-state index contributed by atoms with van der Waals surface area (Å²) in [7, 11) is 0. The van der Waals surface area contributed by atoms with E-state index in [4.69, 9.17) is 4.74 Å². The van der Waals surface area contributed by atoms with Gasteiger partial charge in [-0.2, -0.15) is 0 Å². The van der Waals surface area contributed by atoms with Crippen molar-refractivity contribution in [3.63, 3.8) is 0 Å². The van der Waals surface area contributed by atoms with Crippen LogP contribution in [0.3, 0.4) is 0 Å². The maximum atomic E-state index is 13.5. The number of halogens is 1. The summed E-state index contributed by atoms with van der Waals surface area (Å²) < 4.78 is 18.5. The molecular formula is C14H10FNO4. The lowest BCUT2D eigenvalue weighted by Gasteiger charge is -2.07. The number of ketones is 1. The first-order valence-electron chi connectivity index (χ1n) is 5.73. The Bertz CT molecular complexity index is 643. The lowest BCUT2D eigenvalue weighted by atomic mass is 10.1. The van der Waals surface area contributed by atoms with Gasteiger partial charge in [-0.3, -0.25) is 14.9 Å². The number of nitrogens with zero attached hydrogens (tertiary/aromatic N) is 1. The van der Waals surface area contributed by atoms with Gasteiger partial charge in [0.15, 0.2) is 18.2 Å². The number of benzene rings is 2. The number of nitro benzene ring substituents is 1. The van der Waals surface area contributed by atoms with Crippen LogP contribution in [0, 0.1) is 15.9 Å². The smallest absolute Gasteiger partial charge is 0.314 e. The van der Waals surface area contributed by atoms with E-state index < -0.39 is 28.8 Å². The number of nitro groups is 1. The van der Waals surface area contributed by atoms with Crippen molar-refractivity contribution >= 4 is 11.5 Å². The van der Waals surface area contributed by atoms with Gasteiger partial charge in [0, 0.05) is 11.6 Å². The molecule has 0 bridgehead atoms. The molecule has 5 nitrogen and oxygen atoms in total. The maximum Gasteiger partial charge on any atom is 0.314 e. The fourth-order valence-corrected chi connectivity index (χ4v) is 1.63. The molecule has 0 aliphatic carbocycles. The van der Waals surface area contributed by atoms with Crippen LogP contribution in [-0.2, 0) is 0 Å². The molecule has 0 fully saturated rings. The normalized spacial score (nSPS) is 10.1. The lowest BCUT2D eigenvalue weighted by Crippen LogP contribution is -2.13. The summed E-state index contributed by atoms with van der Waals surface area (Å²) in [6, 6.07) is 11.6. The molecule has 0 aliphatic heterocycles. The Balaban J connectivity index is 2.16. The largest absolute Gasteiger partial charge is 0.476 e. The molecule has 0 heterocycles. The molecule has 2 aromatic carbocycles. The van der Waals surface area contributed by atoms with Gasteiger partial charge in [-0.25, -0.2) is 4.39 Å². The van der Waals surface area contributed by atoms with E-state index in [1.807, 2.05) is 0 Å². The Labute approximate surface area is 113 Å². The molecule has 2 rings (SSSR count). The van der Waals surface area contributed by atoms with E-state index in [1.54, 1.807) is 30.3 Å². The highest BCUT2D eigenvalue weighted by Crippen LogP contribution is 2.29. The van der Waals surface area contributed by atoms with Gasteiger partial charge in [0.25, 0.3) is 0 Å². The molecule has 0 atom stereocenters. The summed E-state index contributed by atoms with van der Waals surface area (Å²) in [5.41, 5.74) is -0.114. The van der Waals surface area contributed by atoms with E-state index in [0.717, 1.165) is 12.1 Å². The predicted molar refractivity (Wildman–Crippen MR) is 69.3 cm³/mol. The zero-order chi connectivity index (χ0) is 14.5. The van der Waals surface area contributed by atoms with Crippen LogP contribution in [0.5, 0.6) is 5.75 Å². The van der Waals surface area contributed by atoms with Crippen molar-refractivity contribution in [2.24, 2.45) is 0 Å². The molecule has 0 radical (unpaired) electrons. The SMILES string of the molecule is O=C(COc1c(F)cccc1[N+](=O)[O-])c1ccccc1. The predicted octanol–water partition coefficient (Wildman–Crippen LogP) is 3.00. The van der Waals surface area contributed by atoms with Crippen molar-refractivity contribution in [1.29, 1.82) is 0 Å². The summed E-state index contributed by atoms with van der Waals surface area (Å²) in [5.74, 6) is -1.79. The van der Waals surface area contributed by atoms with Gasteiger partial charge in [-0.15, -0.1) is 0 Å². The van der Waals surface area contributed by atoms with Crippen LogP contribution in [0.1, 0.15) is 10.4 Å². The standard InChI is InChI=1S/C14H10FNO4/c15-11-7-4-8-12(16(18)19)14(11)20-9-13(17)10-5-2-1-3-6-10/h1-8H,9H2. The Morgan fingerprint density at radius 3 is 2.50 bits per heavy atom. The molecular weight excluding hydrogens is 265 g/mol. The van der Waals surface area contributed by atoms with Gasteiger partial charge in [0.1, 0.15) is 0 Å². The molecule has 0 aromatic heterocycles. The Kier molecular flexibility index (Phi) is 4.05. The molecule has 0 N–H and O–H groups in total. The van der Waals surface area contributed by atoms with E-state index >= 15 is 0 Å². The third-order valence-corrected chi connectivity index (χ3v) is 2.59. The van der Waals surface area contributed by atoms with E-state index in [9.17, 15) is 19.3 Å². The molecule has 102 valence electrons. The molecule has 0 amide bonds. The average molecular weight is 275 g/mol. The van der Waals surface area contributed by atoms with Crippen LogP contribution in [0.15, 0.2) is 48.5 Å². The molecule has 0 unspecified atom stereocenters. The minimum Gasteiger partial charge on any atom is -0.476 e. The fourth-order valence-electron chi connectivity index (χ4n) is 1.63. The summed E-state index contributed by atoms with van der Waals surface area (Å²) >= 11 is 0. The quantitative estimate of drug-likeness (QED) is 0.478. The number of ether oxygens (including phenoxy) is 1. The first-order valence-corrected chi connectivity index (χ1v) is 5.73. The second kappa shape index (κ2) is 5.92. The summed E-state index contributed by atoms with van der Waals surface area (Å²) in [4.78, 5) is 21.8. The van der Waals surface area contributed by atoms with Gasteiger partial charge < -0.3 is 4.74 Å². The molecule has 0 saturated carbocycles. The van der Waals surface area contributed by atoms with Gasteiger partial charge >= 0.3 is 5.69 Å². The second-order valence-corrected chi connectivity index (χ2v) is 3.92. The Hall–Kier alpha value is -2.76. The highest BCUT2D eigenvalue weighted by atomic mass is 19.1. The second-order valence-electron chi connectivity index (χ2n) is 3.92. The monoisotopic (exact) mass is 275 g/mol. The minimum absolute atomic E-state index is 0.386. The zero-order valence-corrected chi connectivity index (χ0v) is 10.3. The molecule has 0 saturated heterocycles. The summed E-state index contributed by atoms with van der Waals surface area (Å²) in [6.07, 6.45) is 0. The molecule has 0 aliphatic rings. The van der Waals surface area contributed by atoms with Crippen molar-refractivity contribution in [2.75, 3.05) is 6.61 Å². The van der Waals surface area contributed by atoms with Crippen LogP contribution in [0.2, 0.25) is 0 Å². The number of carbonyl (C=O) groups is 1. The minimum atomic E-state index is -0.875. The molecule has 0 spiro atoms. The van der Waals surface area contributed by atoms with Gasteiger partial charge in [0.2, 0.25) is 5.75 Å². The number of carbonyl (C=O) groups excluding carboxylic acids is 1.